The minimum absolute atomic E-state index is 0.0818. The van der Waals surface area contributed by atoms with Gasteiger partial charge in [0.1, 0.15) is 5.75 Å². The maximum Gasteiger partial charge on any atom is 0.303 e. The number of carboxylic acid groups (broad SMARTS) is 1. The van der Waals surface area contributed by atoms with E-state index in [-0.39, 0.29) is 30.4 Å². The number of methoxy groups -OCH3 is 1. The van der Waals surface area contributed by atoms with Crippen molar-refractivity contribution >= 4 is 51.7 Å². The Morgan fingerprint density at radius 3 is 2.50 bits per heavy atom. The largest absolute Gasteiger partial charge is 0.496 e. The van der Waals surface area contributed by atoms with Crippen LogP contribution in [0.1, 0.15) is 12.8 Å². The van der Waals surface area contributed by atoms with Crippen molar-refractivity contribution in [3.05, 3.63) is 53.9 Å². The standard InChI is InChI=1S/C22H21N3O5S2/c1-30-18-5-3-2-4-16(18)17-12-32-22(24-17)25-20(27)13-31-15-8-6-14(7-9-15)23-19(26)10-11-21(28)29/h2-9,12H,10-11,13H2,1H3,(H,23,26)(H,28,29)(H,24,25,27). The van der Waals surface area contributed by atoms with Crippen LogP contribution in [0.5, 0.6) is 5.75 Å². The van der Waals surface area contributed by atoms with E-state index in [4.69, 9.17) is 9.84 Å². The molecular formula is C22H21N3O5S2. The molecule has 10 heteroatoms. The van der Waals surface area contributed by atoms with Crippen LogP contribution in [0.3, 0.4) is 0 Å². The predicted molar refractivity (Wildman–Crippen MR) is 125 cm³/mol. The first kappa shape index (κ1) is 23.3. The molecule has 0 aliphatic carbocycles. The second kappa shape index (κ2) is 11.3. The molecule has 2 amide bonds. The van der Waals surface area contributed by atoms with Gasteiger partial charge in [-0.3, -0.25) is 14.4 Å². The van der Waals surface area contributed by atoms with Crippen molar-refractivity contribution in [3.8, 4) is 17.0 Å². The third-order valence-corrected chi connectivity index (χ3v) is 5.98. The molecule has 166 valence electrons. The topological polar surface area (TPSA) is 118 Å². The molecule has 2 aromatic carbocycles. The van der Waals surface area contributed by atoms with Crippen LogP contribution in [0.25, 0.3) is 11.3 Å². The number of amides is 2. The molecule has 0 aliphatic heterocycles. The van der Waals surface area contributed by atoms with Crippen molar-refractivity contribution in [2.45, 2.75) is 17.7 Å². The van der Waals surface area contributed by atoms with E-state index in [1.807, 2.05) is 29.6 Å². The fraction of sp³-hybridized carbons (Fsp3) is 0.182. The van der Waals surface area contributed by atoms with Crippen molar-refractivity contribution in [2.24, 2.45) is 0 Å². The number of nitrogens with one attached hydrogen (secondary N) is 2. The molecule has 3 aromatic rings. The zero-order valence-electron chi connectivity index (χ0n) is 17.2. The number of benzene rings is 2. The molecular weight excluding hydrogens is 450 g/mol. The maximum atomic E-state index is 12.3. The molecule has 8 nitrogen and oxygen atoms in total. The van der Waals surface area contributed by atoms with Crippen LogP contribution in [0.4, 0.5) is 10.8 Å². The minimum atomic E-state index is -1.01. The molecule has 3 rings (SSSR count). The van der Waals surface area contributed by atoms with Gasteiger partial charge in [0.2, 0.25) is 11.8 Å². The smallest absolute Gasteiger partial charge is 0.303 e. The van der Waals surface area contributed by atoms with Crippen molar-refractivity contribution in [1.29, 1.82) is 0 Å². The summed E-state index contributed by atoms with van der Waals surface area (Å²) in [6.45, 7) is 0. The minimum Gasteiger partial charge on any atom is -0.496 e. The van der Waals surface area contributed by atoms with Gasteiger partial charge in [0.25, 0.3) is 0 Å². The van der Waals surface area contributed by atoms with E-state index in [0.717, 1.165) is 16.2 Å². The Bertz CT molecular complexity index is 1100. The van der Waals surface area contributed by atoms with Crippen LogP contribution in [-0.4, -0.2) is 40.7 Å². The van der Waals surface area contributed by atoms with Gasteiger partial charge in [0, 0.05) is 27.9 Å². The van der Waals surface area contributed by atoms with Gasteiger partial charge in [-0.25, -0.2) is 4.98 Å². The van der Waals surface area contributed by atoms with Gasteiger partial charge in [0.15, 0.2) is 5.13 Å². The first-order valence-electron chi connectivity index (χ1n) is 9.58. The summed E-state index contributed by atoms with van der Waals surface area (Å²) in [5.41, 5.74) is 2.16. The molecule has 0 saturated carbocycles. The van der Waals surface area contributed by atoms with Crippen molar-refractivity contribution in [1.82, 2.24) is 4.98 Å². The summed E-state index contributed by atoms with van der Waals surface area (Å²) in [6.07, 6.45) is -0.296. The van der Waals surface area contributed by atoms with Crippen LogP contribution in [-0.2, 0) is 14.4 Å². The summed E-state index contributed by atoms with van der Waals surface area (Å²) in [5.74, 6) is -0.634. The highest BCUT2D eigenvalue weighted by atomic mass is 32.2. The zero-order chi connectivity index (χ0) is 22.9. The molecule has 0 bridgehead atoms. The fourth-order valence-electron chi connectivity index (χ4n) is 2.69. The van der Waals surface area contributed by atoms with Gasteiger partial charge in [-0.15, -0.1) is 23.1 Å². The van der Waals surface area contributed by atoms with E-state index in [0.29, 0.717) is 16.6 Å². The molecule has 0 fully saturated rings. The Hall–Kier alpha value is -3.37. The number of carbonyl (C=O) groups is 3. The van der Waals surface area contributed by atoms with E-state index in [1.54, 1.807) is 31.4 Å². The van der Waals surface area contributed by atoms with Crippen LogP contribution in [0, 0.1) is 0 Å². The number of ether oxygens (including phenoxy) is 1. The number of nitrogens with zero attached hydrogens (tertiary/aromatic N) is 1. The summed E-state index contributed by atoms with van der Waals surface area (Å²) in [4.78, 5) is 39.8. The zero-order valence-corrected chi connectivity index (χ0v) is 18.8. The molecule has 0 aliphatic rings. The number of hydrogen-bond donors (Lipinski definition) is 3. The number of anilines is 2. The van der Waals surface area contributed by atoms with Crippen LogP contribution in [0.15, 0.2) is 58.8 Å². The molecule has 0 unspecified atom stereocenters. The summed E-state index contributed by atoms with van der Waals surface area (Å²) < 4.78 is 5.36. The van der Waals surface area contributed by atoms with Crippen LogP contribution < -0.4 is 15.4 Å². The van der Waals surface area contributed by atoms with Crippen LogP contribution in [0.2, 0.25) is 0 Å². The summed E-state index contributed by atoms with van der Waals surface area (Å²) in [7, 11) is 1.60. The Labute approximate surface area is 193 Å². The van der Waals surface area contributed by atoms with E-state index in [2.05, 4.69) is 15.6 Å². The normalized spacial score (nSPS) is 10.4. The van der Waals surface area contributed by atoms with E-state index in [9.17, 15) is 14.4 Å². The lowest BCUT2D eigenvalue weighted by Crippen LogP contribution is -2.14. The molecule has 0 spiro atoms. The maximum absolute atomic E-state index is 12.3. The van der Waals surface area contributed by atoms with Gasteiger partial charge in [0.05, 0.1) is 25.0 Å². The molecule has 3 N–H and O–H groups in total. The Morgan fingerprint density at radius 2 is 1.78 bits per heavy atom. The van der Waals surface area contributed by atoms with Gasteiger partial charge in [-0.2, -0.15) is 0 Å². The molecule has 1 heterocycles. The number of aliphatic carboxylic acids is 1. The Kier molecular flexibility index (Phi) is 8.23. The summed E-state index contributed by atoms with van der Waals surface area (Å²) in [5, 5.41) is 16.4. The number of carboxylic acids is 1. The number of carbonyl (C=O) groups excluding carboxylic acids is 2. The van der Waals surface area contributed by atoms with E-state index < -0.39 is 5.97 Å². The fourth-order valence-corrected chi connectivity index (χ4v) is 4.12. The summed E-state index contributed by atoms with van der Waals surface area (Å²) >= 11 is 2.70. The third kappa shape index (κ3) is 6.82. The first-order valence-corrected chi connectivity index (χ1v) is 11.4. The van der Waals surface area contributed by atoms with Crippen molar-refractivity contribution in [3.63, 3.8) is 0 Å². The third-order valence-electron chi connectivity index (χ3n) is 4.21. The number of hydrogen-bond acceptors (Lipinski definition) is 7. The monoisotopic (exact) mass is 471 g/mol. The number of thioether (sulfide) groups is 1. The molecule has 0 atom stereocenters. The first-order chi connectivity index (χ1) is 15.4. The average Bonchev–Trinajstić information content (AvgIpc) is 3.25. The lowest BCUT2D eigenvalue weighted by molar-refractivity contribution is -0.138. The molecule has 1 aromatic heterocycles. The highest BCUT2D eigenvalue weighted by Gasteiger charge is 2.12. The van der Waals surface area contributed by atoms with Gasteiger partial charge in [-0.05, 0) is 36.4 Å². The van der Waals surface area contributed by atoms with Crippen molar-refractivity contribution in [2.75, 3.05) is 23.5 Å². The molecule has 0 radical (unpaired) electrons. The number of rotatable bonds is 10. The summed E-state index contributed by atoms with van der Waals surface area (Å²) in [6, 6.07) is 14.5. The Balaban J connectivity index is 1.48. The lowest BCUT2D eigenvalue weighted by atomic mass is 10.1. The van der Waals surface area contributed by atoms with E-state index in [1.165, 1.54) is 23.1 Å². The van der Waals surface area contributed by atoms with Crippen LogP contribution >= 0.6 is 23.1 Å². The second-order valence-corrected chi connectivity index (χ2v) is 8.45. The molecule has 32 heavy (non-hydrogen) atoms. The van der Waals surface area contributed by atoms with Gasteiger partial charge >= 0.3 is 5.97 Å². The van der Waals surface area contributed by atoms with E-state index >= 15 is 0 Å². The van der Waals surface area contributed by atoms with Gasteiger partial charge < -0.3 is 20.5 Å². The lowest BCUT2D eigenvalue weighted by Gasteiger charge is -2.06. The SMILES string of the molecule is COc1ccccc1-c1csc(NC(=O)CSc2ccc(NC(=O)CCC(=O)O)cc2)n1. The predicted octanol–water partition coefficient (Wildman–Crippen LogP) is 4.35. The highest BCUT2D eigenvalue weighted by molar-refractivity contribution is 8.00. The second-order valence-electron chi connectivity index (χ2n) is 6.54. The number of aromatic nitrogens is 1. The number of para-hydroxylation sites is 1. The quantitative estimate of drug-likeness (QED) is 0.376. The number of thiazole rings is 1. The average molecular weight is 472 g/mol. The Morgan fingerprint density at radius 1 is 1.03 bits per heavy atom. The van der Waals surface area contributed by atoms with Crippen molar-refractivity contribution < 1.29 is 24.2 Å². The van der Waals surface area contributed by atoms with Gasteiger partial charge in [-0.1, -0.05) is 12.1 Å². The molecule has 0 saturated heterocycles. The highest BCUT2D eigenvalue weighted by Crippen LogP contribution is 2.32.